The molecule has 0 bridgehead atoms. The molecule has 21 heavy (non-hydrogen) atoms. The topological polar surface area (TPSA) is 63.4 Å². The molecule has 0 aliphatic rings. The van der Waals surface area contributed by atoms with Crippen molar-refractivity contribution in [3.05, 3.63) is 35.9 Å². The molecule has 0 saturated heterocycles. The molecule has 1 aromatic carbocycles. The SMILES string of the molecule is CCN(CC)S(=O)(=O)c1cc(-c2cnc(C)o2)ccc1C. The van der Waals surface area contributed by atoms with Gasteiger partial charge in [-0.25, -0.2) is 13.4 Å². The Balaban J connectivity index is 2.54. The van der Waals surface area contributed by atoms with Crippen molar-refractivity contribution in [3.63, 3.8) is 0 Å². The second-order valence-corrected chi connectivity index (χ2v) is 6.72. The number of rotatable bonds is 5. The van der Waals surface area contributed by atoms with Gasteiger partial charge < -0.3 is 4.42 Å². The summed E-state index contributed by atoms with van der Waals surface area (Å²) in [4.78, 5) is 4.37. The molecule has 2 aromatic rings. The summed E-state index contributed by atoms with van der Waals surface area (Å²) in [6.45, 7) is 8.12. The van der Waals surface area contributed by atoms with Crippen LogP contribution >= 0.6 is 0 Å². The molecule has 0 atom stereocenters. The summed E-state index contributed by atoms with van der Waals surface area (Å²) in [5.41, 5.74) is 1.44. The van der Waals surface area contributed by atoms with Crippen molar-refractivity contribution >= 4 is 10.0 Å². The van der Waals surface area contributed by atoms with Crippen LogP contribution in [0.3, 0.4) is 0 Å². The number of benzene rings is 1. The highest BCUT2D eigenvalue weighted by Crippen LogP contribution is 2.27. The van der Waals surface area contributed by atoms with Gasteiger partial charge in [0, 0.05) is 25.6 Å². The molecule has 0 unspecified atom stereocenters. The van der Waals surface area contributed by atoms with Crippen LogP contribution in [0.15, 0.2) is 33.7 Å². The Labute approximate surface area is 125 Å². The lowest BCUT2D eigenvalue weighted by molar-refractivity contribution is 0.445. The Morgan fingerprint density at radius 3 is 2.38 bits per heavy atom. The lowest BCUT2D eigenvalue weighted by Crippen LogP contribution is -2.31. The minimum atomic E-state index is -3.48. The first kappa shape index (κ1) is 15.7. The highest BCUT2D eigenvalue weighted by molar-refractivity contribution is 7.89. The maximum Gasteiger partial charge on any atom is 0.243 e. The van der Waals surface area contributed by atoms with Crippen LogP contribution in [0.5, 0.6) is 0 Å². The molecular formula is C15H20N2O3S. The molecule has 1 aromatic heterocycles. The molecule has 6 heteroatoms. The Morgan fingerprint density at radius 2 is 1.86 bits per heavy atom. The predicted molar refractivity (Wildman–Crippen MR) is 81.5 cm³/mol. The van der Waals surface area contributed by atoms with E-state index < -0.39 is 10.0 Å². The molecule has 5 nitrogen and oxygen atoms in total. The number of nitrogens with zero attached hydrogens (tertiary/aromatic N) is 2. The third-order valence-corrected chi connectivity index (χ3v) is 5.61. The molecule has 0 spiro atoms. The van der Waals surface area contributed by atoms with Gasteiger partial charge in [-0.15, -0.1) is 0 Å². The summed E-state index contributed by atoms with van der Waals surface area (Å²) in [5, 5.41) is 0. The van der Waals surface area contributed by atoms with E-state index in [1.807, 2.05) is 19.9 Å². The maximum absolute atomic E-state index is 12.7. The standard InChI is InChI=1S/C15H20N2O3S/c1-5-17(6-2)21(18,19)15-9-13(8-7-11(15)3)14-10-16-12(4)20-14/h7-10H,5-6H2,1-4H3. The number of hydrogen-bond donors (Lipinski definition) is 0. The second kappa shape index (κ2) is 5.99. The summed E-state index contributed by atoms with van der Waals surface area (Å²) in [6, 6.07) is 5.29. The smallest absolute Gasteiger partial charge is 0.243 e. The van der Waals surface area contributed by atoms with Crippen LogP contribution < -0.4 is 0 Å². The van der Waals surface area contributed by atoms with Crippen LogP contribution in [0.4, 0.5) is 0 Å². The van der Waals surface area contributed by atoms with Crippen LogP contribution in [0.25, 0.3) is 11.3 Å². The minimum Gasteiger partial charge on any atom is -0.441 e. The second-order valence-electron chi connectivity index (χ2n) is 4.81. The van der Waals surface area contributed by atoms with Gasteiger partial charge in [0.05, 0.1) is 11.1 Å². The summed E-state index contributed by atoms with van der Waals surface area (Å²) >= 11 is 0. The van der Waals surface area contributed by atoms with E-state index in [2.05, 4.69) is 4.98 Å². The van der Waals surface area contributed by atoms with Crippen LogP contribution in [0.2, 0.25) is 0 Å². The molecule has 0 fully saturated rings. The Morgan fingerprint density at radius 1 is 1.19 bits per heavy atom. The highest BCUT2D eigenvalue weighted by atomic mass is 32.2. The third kappa shape index (κ3) is 3.01. The molecule has 0 aliphatic carbocycles. The van der Waals surface area contributed by atoms with E-state index in [1.165, 1.54) is 4.31 Å². The first-order valence-electron chi connectivity index (χ1n) is 6.93. The number of oxazole rings is 1. The number of hydrogen-bond acceptors (Lipinski definition) is 4. The van der Waals surface area contributed by atoms with Crippen molar-refractivity contribution in [1.82, 2.24) is 9.29 Å². The molecule has 1 heterocycles. The number of aromatic nitrogens is 1. The van der Waals surface area contributed by atoms with Gasteiger partial charge in [0.1, 0.15) is 0 Å². The zero-order valence-electron chi connectivity index (χ0n) is 12.8. The van der Waals surface area contributed by atoms with E-state index in [0.29, 0.717) is 35.2 Å². The monoisotopic (exact) mass is 308 g/mol. The maximum atomic E-state index is 12.7. The molecule has 0 amide bonds. The fourth-order valence-corrected chi connectivity index (χ4v) is 3.94. The molecule has 0 N–H and O–H groups in total. The fraction of sp³-hybridized carbons (Fsp3) is 0.400. The first-order chi connectivity index (χ1) is 9.90. The lowest BCUT2D eigenvalue weighted by Gasteiger charge is -2.20. The Bertz CT molecular complexity index is 731. The van der Waals surface area contributed by atoms with E-state index in [4.69, 9.17) is 4.42 Å². The molecule has 2 rings (SSSR count). The van der Waals surface area contributed by atoms with E-state index in [9.17, 15) is 8.42 Å². The van der Waals surface area contributed by atoms with Crippen LogP contribution in [0, 0.1) is 13.8 Å². The predicted octanol–water partition coefficient (Wildman–Crippen LogP) is 2.99. The van der Waals surface area contributed by atoms with Gasteiger partial charge >= 0.3 is 0 Å². The van der Waals surface area contributed by atoms with E-state index in [1.54, 1.807) is 32.2 Å². The van der Waals surface area contributed by atoms with Crippen molar-refractivity contribution in [2.24, 2.45) is 0 Å². The molecule has 0 radical (unpaired) electrons. The van der Waals surface area contributed by atoms with Crippen LogP contribution in [0.1, 0.15) is 25.3 Å². The van der Waals surface area contributed by atoms with Gasteiger partial charge in [-0.05, 0) is 18.6 Å². The number of aryl methyl sites for hydroxylation is 2. The van der Waals surface area contributed by atoms with Crippen LogP contribution in [-0.2, 0) is 10.0 Å². The summed E-state index contributed by atoms with van der Waals surface area (Å²) in [7, 11) is -3.48. The zero-order chi connectivity index (χ0) is 15.6. The normalized spacial score (nSPS) is 12.0. The lowest BCUT2D eigenvalue weighted by atomic mass is 10.1. The number of sulfonamides is 1. The first-order valence-corrected chi connectivity index (χ1v) is 8.37. The molecule has 0 aliphatic heterocycles. The summed E-state index contributed by atoms with van der Waals surface area (Å²) in [6.07, 6.45) is 1.60. The van der Waals surface area contributed by atoms with Crippen molar-refractivity contribution < 1.29 is 12.8 Å². The van der Waals surface area contributed by atoms with Crippen molar-refractivity contribution in [2.75, 3.05) is 13.1 Å². The minimum absolute atomic E-state index is 0.317. The molecule has 114 valence electrons. The Hall–Kier alpha value is -1.66. The van der Waals surface area contributed by atoms with Gasteiger partial charge in [-0.1, -0.05) is 26.0 Å². The summed E-state index contributed by atoms with van der Waals surface area (Å²) in [5.74, 6) is 1.13. The van der Waals surface area contributed by atoms with Gasteiger partial charge in [0.15, 0.2) is 11.7 Å². The van der Waals surface area contributed by atoms with Crippen molar-refractivity contribution in [2.45, 2.75) is 32.6 Å². The van der Waals surface area contributed by atoms with Gasteiger partial charge in [0.25, 0.3) is 0 Å². The van der Waals surface area contributed by atoms with E-state index in [-0.39, 0.29) is 0 Å². The highest BCUT2D eigenvalue weighted by Gasteiger charge is 2.24. The quantitative estimate of drug-likeness (QED) is 0.852. The average molecular weight is 308 g/mol. The summed E-state index contributed by atoms with van der Waals surface area (Å²) < 4.78 is 32.3. The molecule has 0 saturated carbocycles. The van der Waals surface area contributed by atoms with Crippen molar-refractivity contribution in [1.29, 1.82) is 0 Å². The zero-order valence-corrected chi connectivity index (χ0v) is 13.6. The van der Waals surface area contributed by atoms with Gasteiger partial charge in [-0.3, -0.25) is 0 Å². The fourth-order valence-electron chi connectivity index (χ4n) is 2.23. The van der Waals surface area contributed by atoms with E-state index >= 15 is 0 Å². The molecular weight excluding hydrogens is 288 g/mol. The van der Waals surface area contributed by atoms with Crippen molar-refractivity contribution in [3.8, 4) is 11.3 Å². The van der Waals surface area contributed by atoms with Gasteiger partial charge in [0.2, 0.25) is 10.0 Å². The van der Waals surface area contributed by atoms with Crippen LogP contribution in [-0.4, -0.2) is 30.8 Å². The third-order valence-electron chi connectivity index (χ3n) is 3.42. The average Bonchev–Trinajstić information content (AvgIpc) is 2.86. The van der Waals surface area contributed by atoms with E-state index in [0.717, 1.165) is 5.56 Å². The van der Waals surface area contributed by atoms with Gasteiger partial charge in [-0.2, -0.15) is 4.31 Å². The largest absolute Gasteiger partial charge is 0.441 e. The Kier molecular flexibility index (Phi) is 4.49.